The number of esters is 1. The highest BCUT2D eigenvalue weighted by Crippen LogP contribution is 2.43. The molecule has 1 spiro atoms. The molecule has 1 aliphatic carbocycles. The molecule has 2 aliphatic rings. The summed E-state index contributed by atoms with van der Waals surface area (Å²) >= 11 is 0. The summed E-state index contributed by atoms with van der Waals surface area (Å²) < 4.78 is 5.52. The fraction of sp³-hybridized carbons (Fsp3) is 0.444. The Bertz CT molecular complexity index is 581. The highest BCUT2D eigenvalue weighted by molar-refractivity contribution is 5.91. The molecule has 0 amide bonds. The number of carbonyl (C=O) groups is 2. The van der Waals surface area contributed by atoms with E-state index in [9.17, 15) is 9.59 Å². The summed E-state index contributed by atoms with van der Waals surface area (Å²) in [4.78, 5) is 24.0. The molecule has 1 saturated heterocycles. The second-order valence-electron chi connectivity index (χ2n) is 6.13. The summed E-state index contributed by atoms with van der Waals surface area (Å²) in [5.74, 6) is -0.232. The molecule has 22 heavy (non-hydrogen) atoms. The minimum absolute atomic E-state index is 0.153. The van der Waals surface area contributed by atoms with Gasteiger partial charge in [-0.15, -0.1) is 0 Å². The summed E-state index contributed by atoms with van der Waals surface area (Å²) in [6.07, 6.45) is 5.75. The Morgan fingerprint density at radius 2 is 2.09 bits per heavy atom. The smallest absolute Gasteiger partial charge is 0.311 e. The zero-order valence-electron chi connectivity index (χ0n) is 12.6. The Hall–Kier alpha value is -1.94. The van der Waals surface area contributed by atoms with Crippen LogP contribution in [0.5, 0.6) is 0 Å². The average molecular weight is 299 g/mol. The Kier molecular flexibility index (Phi) is 4.39. The van der Waals surface area contributed by atoms with Crippen molar-refractivity contribution in [1.82, 2.24) is 5.32 Å². The van der Waals surface area contributed by atoms with E-state index in [1.165, 1.54) is 0 Å². The fourth-order valence-electron chi connectivity index (χ4n) is 3.37. The lowest BCUT2D eigenvalue weighted by molar-refractivity contribution is -0.155. The number of ether oxygens (including phenoxy) is 1. The van der Waals surface area contributed by atoms with Gasteiger partial charge in [0.2, 0.25) is 0 Å². The molecule has 0 bridgehead atoms. The van der Waals surface area contributed by atoms with Crippen molar-refractivity contribution in [3.63, 3.8) is 0 Å². The van der Waals surface area contributed by atoms with Crippen molar-refractivity contribution in [2.24, 2.45) is 11.3 Å². The maximum absolute atomic E-state index is 12.5. The number of carbonyl (C=O) groups excluding carboxylic acids is 2. The number of benzene rings is 1. The van der Waals surface area contributed by atoms with Gasteiger partial charge in [0, 0.05) is 18.4 Å². The summed E-state index contributed by atoms with van der Waals surface area (Å²) in [5.41, 5.74) is 0.774. The van der Waals surface area contributed by atoms with E-state index in [1.807, 2.05) is 36.4 Å². The lowest BCUT2D eigenvalue weighted by Gasteiger charge is -2.42. The van der Waals surface area contributed by atoms with Gasteiger partial charge in [-0.25, -0.2) is 0 Å². The molecule has 0 aromatic heterocycles. The number of rotatable bonds is 3. The van der Waals surface area contributed by atoms with Crippen molar-refractivity contribution in [1.29, 1.82) is 0 Å². The van der Waals surface area contributed by atoms with Crippen LogP contribution in [0.25, 0.3) is 0 Å². The Morgan fingerprint density at radius 3 is 2.82 bits per heavy atom. The van der Waals surface area contributed by atoms with E-state index < -0.39 is 0 Å². The predicted molar refractivity (Wildman–Crippen MR) is 83.0 cm³/mol. The van der Waals surface area contributed by atoms with Crippen molar-refractivity contribution < 1.29 is 14.3 Å². The van der Waals surface area contributed by atoms with Crippen molar-refractivity contribution >= 4 is 11.8 Å². The third-order valence-electron chi connectivity index (χ3n) is 4.76. The van der Waals surface area contributed by atoms with Crippen molar-refractivity contribution in [3.8, 4) is 0 Å². The molecular weight excluding hydrogens is 278 g/mol. The van der Waals surface area contributed by atoms with Gasteiger partial charge in [0.15, 0.2) is 5.78 Å². The molecule has 1 heterocycles. The van der Waals surface area contributed by atoms with Gasteiger partial charge in [0.1, 0.15) is 6.61 Å². The molecule has 2 atom stereocenters. The average Bonchev–Trinajstić information content (AvgIpc) is 2.57. The van der Waals surface area contributed by atoms with Crippen LogP contribution >= 0.6 is 0 Å². The minimum Gasteiger partial charge on any atom is -0.461 e. The maximum Gasteiger partial charge on any atom is 0.311 e. The topological polar surface area (TPSA) is 55.4 Å². The molecule has 1 fully saturated rings. The molecule has 4 heteroatoms. The van der Waals surface area contributed by atoms with Gasteiger partial charge < -0.3 is 10.1 Å². The van der Waals surface area contributed by atoms with E-state index in [2.05, 4.69) is 5.32 Å². The number of hydrogen-bond donors (Lipinski definition) is 1. The molecule has 0 saturated carbocycles. The zero-order valence-corrected chi connectivity index (χ0v) is 12.6. The molecular formula is C18H21NO3. The third kappa shape index (κ3) is 3.12. The van der Waals surface area contributed by atoms with Crippen molar-refractivity contribution in [3.05, 3.63) is 48.0 Å². The van der Waals surface area contributed by atoms with Gasteiger partial charge in [0.25, 0.3) is 0 Å². The van der Waals surface area contributed by atoms with E-state index in [1.54, 1.807) is 6.08 Å². The highest BCUT2D eigenvalue weighted by atomic mass is 16.5. The molecule has 1 aromatic carbocycles. The number of piperidine rings is 1. The summed E-state index contributed by atoms with van der Waals surface area (Å²) in [6, 6.07) is 9.70. The van der Waals surface area contributed by atoms with Gasteiger partial charge in [-0.2, -0.15) is 0 Å². The van der Waals surface area contributed by atoms with Gasteiger partial charge in [-0.3, -0.25) is 9.59 Å². The Morgan fingerprint density at radius 1 is 1.27 bits per heavy atom. The lowest BCUT2D eigenvalue weighted by atomic mass is 9.65. The van der Waals surface area contributed by atoms with E-state index in [4.69, 9.17) is 4.74 Å². The largest absolute Gasteiger partial charge is 0.461 e. The van der Waals surface area contributed by atoms with Gasteiger partial charge in [0.05, 0.1) is 5.92 Å². The van der Waals surface area contributed by atoms with Crippen LogP contribution in [0.15, 0.2) is 42.5 Å². The van der Waals surface area contributed by atoms with E-state index in [-0.39, 0.29) is 23.1 Å². The van der Waals surface area contributed by atoms with Crippen molar-refractivity contribution in [2.45, 2.75) is 25.9 Å². The van der Waals surface area contributed by atoms with Crippen LogP contribution in [0.4, 0.5) is 0 Å². The molecule has 1 N–H and O–H groups in total. The standard InChI is InChI=1S/C18H21NO3/c20-15-6-8-18(9-7-15)10-11-19-12-16(18)17(21)22-13-14-4-2-1-3-5-14/h1-6,8,16,19H,7,9-13H2. The number of ketones is 1. The molecule has 2 unspecified atom stereocenters. The summed E-state index contributed by atoms with van der Waals surface area (Å²) in [7, 11) is 0. The Labute approximate surface area is 130 Å². The fourth-order valence-corrected chi connectivity index (χ4v) is 3.37. The molecule has 1 aromatic rings. The van der Waals surface area contributed by atoms with E-state index in [0.29, 0.717) is 19.6 Å². The normalized spacial score (nSPS) is 27.8. The van der Waals surface area contributed by atoms with Crippen LogP contribution in [0, 0.1) is 11.3 Å². The predicted octanol–water partition coefficient (Wildman–Crippen LogP) is 2.24. The van der Waals surface area contributed by atoms with Crippen LogP contribution in [-0.2, 0) is 20.9 Å². The van der Waals surface area contributed by atoms with Crippen molar-refractivity contribution in [2.75, 3.05) is 13.1 Å². The molecule has 4 nitrogen and oxygen atoms in total. The van der Waals surface area contributed by atoms with E-state index >= 15 is 0 Å². The minimum atomic E-state index is -0.215. The monoisotopic (exact) mass is 299 g/mol. The second-order valence-corrected chi connectivity index (χ2v) is 6.13. The van der Waals surface area contributed by atoms with Gasteiger partial charge in [-0.05, 0) is 31.0 Å². The SMILES string of the molecule is O=C1C=CC2(CCNCC2C(=O)OCc2ccccc2)CC1. The first-order chi connectivity index (χ1) is 10.7. The highest BCUT2D eigenvalue weighted by Gasteiger charge is 2.45. The first-order valence-electron chi connectivity index (χ1n) is 7.83. The molecule has 116 valence electrons. The maximum atomic E-state index is 12.5. The van der Waals surface area contributed by atoms with Gasteiger partial charge in [-0.1, -0.05) is 36.4 Å². The molecule has 3 rings (SSSR count). The Balaban J connectivity index is 1.69. The number of hydrogen-bond acceptors (Lipinski definition) is 4. The second kappa shape index (κ2) is 6.44. The number of nitrogens with one attached hydrogen (secondary N) is 1. The van der Waals surface area contributed by atoms with Crippen LogP contribution in [0.3, 0.4) is 0 Å². The van der Waals surface area contributed by atoms with Crippen LogP contribution in [0.1, 0.15) is 24.8 Å². The number of allylic oxidation sites excluding steroid dienone is 2. The molecule has 1 aliphatic heterocycles. The quantitative estimate of drug-likeness (QED) is 0.870. The zero-order chi connectivity index (χ0) is 15.4. The summed E-state index contributed by atoms with van der Waals surface area (Å²) in [6.45, 7) is 1.79. The van der Waals surface area contributed by atoms with Crippen LogP contribution in [-0.4, -0.2) is 24.8 Å². The van der Waals surface area contributed by atoms with E-state index in [0.717, 1.165) is 24.9 Å². The molecule has 0 radical (unpaired) electrons. The van der Waals surface area contributed by atoms with Crippen LogP contribution in [0.2, 0.25) is 0 Å². The third-order valence-corrected chi connectivity index (χ3v) is 4.76. The first-order valence-corrected chi connectivity index (χ1v) is 7.83. The van der Waals surface area contributed by atoms with Gasteiger partial charge >= 0.3 is 5.97 Å². The summed E-state index contributed by atoms with van der Waals surface area (Å²) in [5, 5.41) is 3.28. The lowest BCUT2D eigenvalue weighted by Crippen LogP contribution is -2.49. The van der Waals surface area contributed by atoms with Crippen LogP contribution < -0.4 is 5.32 Å². The first kappa shape index (κ1) is 15.0.